The zero-order valence-electron chi connectivity index (χ0n) is 16.7. The summed E-state index contributed by atoms with van der Waals surface area (Å²) in [5, 5.41) is 6.76. The van der Waals surface area contributed by atoms with Gasteiger partial charge in [0.1, 0.15) is 0 Å². The number of nitrogens with one attached hydrogen (secondary N) is 2. The van der Waals surface area contributed by atoms with Crippen LogP contribution in [0.15, 0.2) is 23.2 Å². The largest absolute Gasteiger partial charge is 0.493 e. The first-order valence-corrected chi connectivity index (χ1v) is 9.74. The summed E-state index contributed by atoms with van der Waals surface area (Å²) in [7, 11) is 5.10. The summed E-state index contributed by atoms with van der Waals surface area (Å²) in [5.41, 5.74) is 1.19. The molecule has 2 saturated heterocycles. The van der Waals surface area contributed by atoms with Crippen molar-refractivity contribution in [2.75, 3.05) is 54.1 Å². The Hall–Kier alpha value is -1.99. The lowest BCUT2D eigenvalue weighted by molar-refractivity contribution is -0.0453. The number of fused-ring (bicyclic) bond motifs is 1. The average molecular weight is 377 g/mol. The van der Waals surface area contributed by atoms with E-state index in [1.54, 1.807) is 21.3 Å². The van der Waals surface area contributed by atoms with Gasteiger partial charge < -0.3 is 24.8 Å². The van der Waals surface area contributed by atoms with E-state index < -0.39 is 0 Å². The van der Waals surface area contributed by atoms with E-state index in [0.717, 1.165) is 50.1 Å². The number of nitrogens with zero attached hydrogens (tertiary/aromatic N) is 2. The van der Waals surface area contributed by atoms with Crippen molar-refractivity contribution in [3.8, 4) is 11.5 Å². The molecule has 1 aromatic rings. The van der Waals surface area contributed by atoms with E-state index in [1.165, 1.54) is 24.9 Å². The highest BCUT2D eigenvalue weighted by molar-refractivity contribution is 5.79. The maximum Gasteiger partial charge on any atom is 0.191 e. The molecule has 2 aliphatic heterocycles. The van der Waals surface area contributed by atoms with Gasteiger partial charge in [0.05, 0.1) is 26.9 Å². The molecule has 7 heteroatoms. The Morgan fingerprint density at radius 2 is 2.11 bits per heavy atom. The molecule has 1 aromatic carbocycles. The highest BCUT2D eigenvalue weighted by Gasteiger charge is 2.32. The molecule has 2 aliphatic rings. The van der Waals surface area contributed by atoms with Gasteiger partial charge in [0, 0.05) is 32.7 Å². The SMILES string of the molecule is CN=C(NCCc1ccc(OC)c(OC)c1)NCC1CN2CCCC2CO1. The Kier molecular flexibility index (Phi) is 7.18. The second-order valence-corrected chi connectivity index (χ2v) is 7.07. The van der Waals surface area contributed by atoms with Crippen LogP contribution < -0.4 is 20.1 Å². The molecule has 3 rings (SSSR count). The zero-order valence-corrected chi connectivity index (χ0v) is 16.7. The molecule has 0 aliphatic carbocycles. The van der Waals surface area contributed by atoms with Crippen molar-refractivity contribution in [3.05, 3.63) is 23.8 Å². The number of rotatable bonds is 7. The van der Waals surface area contributed by atoms with E-state index in [4.69, 9.17) is 14.2 Å². The molecule has 2 N–H and O–H groups in total. The molecular formula is C20H32N4O3. The fourth-order valence-corrected chi connectivity index (χ4v) is 3.80. The fourth-order valence-electron chi connectivity index (χ4n) is 3.80. The van der Waals surface area contributed by atoms with Crippen LogP contribution in [0.2, 0.25) is 0 Å². The Bertz CT molecular complexity index is 638. The first-order valence-electron chi connectivity index (χ1n) is 9.74. The number of ether oxygens (including phenoxy) is 3. The molecule has 0 spiro atoms. The van der Waals surface area contributed by atoms with Crippen LogP contribution in [0.4, 0.5) is 0 Å². The third kappa shape index (κ3) is 5.26. The Morgan fingerprint density at radius 3 is 2.89 bits per heavy atom. The second kappa shape index (κ2) is 9.80. The molecule has 0 aromatic heterocycles. The molecule has 2 atom stereocenters. The van der Waals surface area contributed by atoms with Crippen LogP contribution in [0, 0.1) is 0 Å². The first kappa shape index (κ1) is 19.8. The van der Waals surface area contributed by atoms with Crippen molar-refractivity contribution in [1.29, 1.82) is 0 Å². The highest BCUT2D eigenvalue weighted by atomic mass is 16.5. The lowest BCUT2D eigenvalue weighted by Crippen LogP contribution is -2.51. The number of methoxy groups -OCH3 is 2. The number of benzene rings is 1. The third-order valence-electron chi connectivity index (χ3n) is 5.34. The number of morpholine rings is 1. The maximum atomic E-state index is 6.00. The van der Waals surface area contributed by atoms with Crippen LogP contribution in [0.25, 0.3) is 0 Å². The Balaban J connectivity index is 1.40. The van der Waals surface area contributed by atoms with Crippen molar-refractivity contribution in [3.63, 3.8) is 0 Å². The monoisotopic (exact) mass is 376 g/mol. The Labute approximate surface area is 162 Å². The molecule has 0 radical (unpaired) electrons. The number of hydrogen-bond acceptors (Lipinski definition) is 5. The Morgan fingerprint density at radius 1 is 1.26 bits per heavy atom. The topological polar surface area (TPSA) is 67.4 Å². The first-order chi connectivity index (χ1) is 13.2. The quantitative estimate of drug-likeness (QED) is 0.552. The van der Waals surface area contributed by atoms with Crippen molar-refractivity contribution >= 4 is 5.96 Å². The second-order valence-electron chi connectivity index (χ2n) is 7.07. The summed E-state index contributed by atoms with van der Waals surface area (Å²) in [5.74, 6) is 2.31. The minimum atomic E-state index is 0.226. The van der Waals surface area contributed by atoms with Gasteiger partial charge in [-0.3, -0.25) is 9.89 Å². The summed E-state index contributed by atoms with van der Waals surface area (Å²) < 4.78 is 16.6. The molecule has 7 nitrogen and oxygen atoms in total. The zero-order chi connectivity index (χ0) is 19.1. The maximum absolute atomic E-state index is 6.00. The summed E-state index contributed by atoms with van der Waals surface area (Å²) in [6.07, 6.45) is 3.67. The molecule has 0 bridgehead atoms. The van der Waals surface area contributed by atoms with Gasteiger partial charge in [0.2, 0.25) is 0 Å². The smallest absolute Gasteiger partial charge is 0.191 e. The molecule has 2 fully saturated rings. The van der Waals surface area contributed by atoms with Gasteiger partial charge in [-0.15, -0.1) is 0 Å². The molecule has 150 valence electrons. The van der Waals surface area contributed by atoms with E-state index >= 15 is 0 Å². The van der Waals surface area contributed by atoms with E-state index in [9.17, 15) is 0 Å². The van der Waals surface area contributed by atoms with Crippen LogP contribution in [-0.4, -0.2) is 77.1 Å². The average Bonchev–Trinajstić information content (AvgIpc) is 3.18. The highest BCUT2D eigenvalue weighted by Crippen LogP contribution is 2.27. The van der Waals surface area contributed by atoms with Crippen molar-refractivity contribution in [2.24, 2.45) is 4.99 Å². The van der Waals surface area contributed by atoms with Gasteiger partial charge in [-0.25, -0.2) is 0 Å². The van der Waals surface area contributed by atoms with Gasteiger partial charge in [0.15, 0.2) is 17.5 Å². The standard InChI is InChI=1S/C20H32N4O3/c1-21-20(23-12-17-13-24-10-4-5-16(24)14-27-17)22-9-8-15-6-7-18(25-2)19(11-15)26-3/h6-7,11,16-17H,4-5,8-10,12-14H2,1-3H3,(H2,21,22,23). The van der Waals surface area contributed by atoms with Crippen LogP contribution >= 0.6 is 0 Å². The van der Waals surface area contributed by atoms with E-state index in [1.807, 2.05) is 12.1 Å². The fraction of sp³-hybridized carbons (Fsp3) is 0.650. The van der Waals surface area contributed by atoms with E-state index in [-0.39, 0.29) is 6.10 Å². The van der Waals surface area contributed by atoms with Crippen LogP contribution in [0.3, 0.4) is 0 Å². The molecule has 2 heterocycles. The molecule has 2 unspecified atom stereocenters. The number of aliphatic imine (C=N–C) groups is 1. The van der Waals surface area contributed by atoms with E-state index in [2.05, 4.69) is 26.6 Å². The van der Waals surface area contributed by atoms with Gasteiger partial charge in [0.25, 0.3) is 0 Å². The molecule has 27 heavy (non-hydrogen) atoms. The normalized spacial score (nSPS) is 23.0. The third-order valence-corrected chi connectivity index (χ3v) is 5.34. The minimum absolute atomic E-state index is 0.226. The van der Waals surface area contributed by atoms with Crippen molar-refractivity contribution in [1.82, 2.24) is 15.5 Å². The van der Waals surface area contributed by atoms with Crippen molar-refractivity contribution < 1.29 is 14.2 Å². The van der Waals surface area contributed by atoms with Gasteiger partial charge in [-0.05, 0) is 43.5 Å². The van der Waals surface area contributed by atoms with Gasteiger partial charge >= 0.3 is 0 Å². The molecular weight excluding hydrogens is 344 g/mol. The van der Waals surface area contributed by atoms with Crippen molar-refractivity contribution in [2.45, 2.75) is 31.4 Å². The molecule has 0 amide bonds. The predicted octanol–water partition coefficient (Wildman–Crippen LogP) is 1.27. The summed E-state index contributed by atoms with van der Waals surface area (Å²) in [4.78, 5) is 6.87. The predicted molar refractivity (Wildman–Crippen MR) is 107 cm³/mol. The van der Waals surface area contributed by atoms with Crippen LogP contribution in [0.5, 0.6) is 11.5 Å². The molecule has 0 saturated carbocycles. The lowest BCUT2D eigenvalue weighted by Gasteiger charge is -2.35. The van der Waals surface area contributed by atoms with Crippen LogP contribution in [0.1, 0.15) is 18.4 Å². The van der Waals surface area contributed by atoms with Gasteiger partial charge in [-0.1, -0.05) is 6.07 Å². The number of hydrogen-bond donors (Lipinski definition) is 2. The van der Waals surface area contributed by atoms with E-state index in [0.29, 0.717) is 6.04 Å². The minimum Gasteiger partial charge on any atom is -0.493 e. The summed E-state index contributed by atoms with van der Waals surface area (Å²) in [6, 6.07) is 6.65. The summed E-state index contributed by atoms with van der Waals surface area (Å²) >= 11 is 0. The lowest BCUT2D eigenvalue weighted by atomic mass is 10.1. The van der Waals surface area contributed by atoms with Gasteiger partial charge in [-0.2, -0.15) is 0 Å². The van der Waals surface area contributed by atoms with Crippen LogP contribution in [-0.2, 0) is 11.2 Å². The number of guanidine groups is 1. The summed E-state index contributed by atoms with van der Waals surface area (Å²) in [6.45, 7) is 4.65.